The number of fused-ring (bicyclic) bond motifs is 6. The summed E-state index contributed by atoms with van der Waals surface area (Å²) in [7, 11) is 0. The topological polar surface area (TPSA) is 9.23 Å². The zero-order valence-electron chi connectivity index (χ0n) is 31.4. The Morgan fingerprint density at radius 1 is 0.267 bits per heavy atom. The van der Waals surface area contributed by atoms with Crippen LogP contribution in [-0.2, 0) is 10.8 Å². The monoisotopic (exact) mass is 598 g/mol. The van der Waals surface area contributed by atoms with Gasteiger partial charge in [0.05, 0.1) is 0 Å². The summed E-state index contributed by atoms with van der Waals surface area (Å²) < 4.78 is 7.31. The van der Waals surface area contributed by atoms with Crippen LogP contribution in [0.1, 0.15) is 128 Å². The zero-order chi connectivity index (χ0) is 33.6. The highest BCUT2D eigenvalue weighted by Crippen LogP contribution is 2.60. The molecule has 236 valence electrons. The predicted molar refractivity (Wildman–Crippen MR) is 194 cm³/mol. The maximum Gasteiger partial charge on any atom is 0.133 e. The second-order valence-electron chi connectivity index (χ2n) is 15.8. The first-order valence-electron chi connectivity index (χ1n) is 16.9. The van der Waals surface area contributed by atoms with E-state index in [1.807, 2.05) is 0 Å². The van der Waals surface area contributed by atoms with Gasteiger partial charge in [0.1, 0.15) is 11.5 Å². The minimum atomic E-state index is -0.106. The molecule has 0 radical (unpaired) electrons. The fourth-order valence-corrected chi connectivity index (χ4v) is 9.91. The Bertz CT molecular complexity index is 1890. The summed E-state index contributed by atoms with van der Waals surface area (Å²) in [6, 6.07) is 0. The summed E-state index contributed by atoms with van der Waals surface area (Å²) in [5.41, 5.74) is 30.6. The van der Waals surface area contributed by atoms with Gasteiger partial charge in [-0.15, -0.1) is 0 Å². The molecule has 2 aliphatic rings. The van der Waals surface area contributed by atoms with E-state index < -0.39 is 0 Å². The van der Waals surface area contributed by atoms with Gasteiger partial charge in [0.25, 0.3) is 0 Å². The van der Waals surface area contributed by atoms with Gasteiger partial charge in [0.2, 0.25) is 0 Å². The Morgan fingerprint density at radius 3 is 0.778 bits per heavy atom. The van der Waals surface area contributed by atoms with Gasteiger partial charge in [0, 0.05) is 10.8 Å². The molecule has 0 amide bonds. The number of benzene rings is 4. The lowest BCUT2D eigenvalue weighted by atomic mass is 9.76. The smallest absolute Gasteiger partial charge is 0.133 e. The van der Waals surface area contributed by atoms with Crippen molar-refractivity contribution in [2.45, 2.75) is 135 Å². The van der Waals surface area contributed by atoms with E-state index in [0.29, 0.717) is 0 Å². The molecular weight excluding hydrogens is 544 g/mol. The highest BCUT2D eigenvalue weighted by molar-refractivity contribution is 5.92. The molecule has 4 aromatic rings. The number of hydrogen-bond donors (Lipinski definition) is 0. The normalized spacial score (nSPS) is 15.2. The first-order chi connectivity index (χ1) is 20.7. The minimum absolute atomic E-state index is 0.106. The summed E-state index contributed by atoms with van der Waals surface area (Å²) in [6.45, 7) is 42.0. The molecule has 0 aliphatic heterocycles. The van der Waals surface area contributed by atoms with Crippen LogP contribution in [0.5, 0.6) is 11.5 Å². The molecule has 0 saturated carbocycles. The van der Waals surface area contributed by atoms with Crippen molar-refractivity contribution < 1.29 is 4.74 Å². The van der Waals surface area contributed by atoms with Crippen molar-refractivity contribution in [1.29, 1.82) is 0 Å². The molecule has 2 aliphatic carbocycles. The van der Waals surface area contributed by atoms with Gasteiger partial charge in [-0.2, -0.15) is 0 Å². The van der Waals surface area contributed by atoms with Gasteiger partial charge in [-0.3, -0.25) is 0 Å². The van der Waals surface area contributed by atoms with Gasteiger partial charge in [-0.1, -0.05) is 27.7 Å². The van der Waals surface area contributed by atoms with Crippen LogP contribution in [0.25, 0.3) is 22.3 Å². The van der Waals surface area contributed by atoms with E-state index in [4.69, 9.17) is 4.74 Å². The molecule has 0 N–H and O–H groups in total. The molecule has 1 nitrogen and oxygen atoms in total. The lowest BCUT2D eigenvalue weighted by Gasteiger charge is -2.30. The molecule has 6 rings (SSSR count). The Hall–Kier alpha value is -3.32. The average Bonchev–Trinajstić information content (AvgIpc) is 3.38. The molecule has 4 aromatic carbocycles. The first kappa shape index (κ1) is 31.7. The number of hydrogen-bond acceptors (Lipinski definition) is 1. The van der Waals surface area contributed by atoms with Gasteiger partial charge < -0.3 is 4.74 Å². The van der Waals surface area contributed by atoms with Crippen LogP contribution in [0.2, 0.25) is 0 Å². The van der Waals surface area contributed by atoms with Crippen molar-refractivity contribution in [2.75, 3.05) is 0 Å². The van der Waals surface area contributed by atoms with E-state index in [1.165, 1.54) is 122 Å². The van der Waals surface area contributed by atoms with Crippen LogP contribution in [0.4, 0.5) is 0 Å². The summed E-state index contributed by atoms with van der Waals surface area (Å²) in [5.74, 6) is 2.07. The largest absolute Gasteiger partial charge is 0.456 e. The Morgan fingerprint density at radius 2 is 0.489 bits per heavy atom. The third-order valence-electron chi connectivity index (χ3n) is 13.1. The van der Waals surface area contributed by atoms with E-state index in [9.17, 15) is 0 Å². The molecule has 45 heavy (non-hydrogen) atoms. The SMILES string of the molecule is Cc1c(C)c(C)c2c(c1C)-c1c(C)c(C)c(Oc3c(C)c(C)c4c(c3C)C(C)(C)c3c(C)c(C)c(C)c(C)c3-4)c(C)c1C2(C)C. The van der Waals surface area contributed by atoms with E-state index in [1.54, 1.807) is 0 Å². The van der Waals surface area contributed by atoms with Crippen LogP contribution in [0, 0.1) is 96.9 Å². The van der Waals surface area contributed by atoms with Crippen LogP contribution in [-0.4, -0.2) is 0 Å². The van der Waals surface area contributed by atoms with Crippen LogP contribution >= 0.6 is 0 Å². The highest BCUT2D eigenvalue weighted by Gasteiger charge is 2.44. The van der Waals surface area contributed by atoms with Crippen LogP contribution < -0.4 is 4.74 Å². The fraction of sp³-hybridized carbons (Fsp3) is 0.455. The molecular formula is C44H54O. The molecule has 0 saturated heterocycles. The van der Waals surface area contributed by atoms with E-state index in [2.05, 4.69) is 125 Å². The molecule has 0 fully saturated rings. The van der Waals surface area contributed by atoms with Gasteiger partial charge in [-0.25, -0.2) is 0 Å². The second-order valence-corrected chi connectivity index (χ2v) is 15.8. The minimum Gasteiger partial charge on any atom is -0.456 e. The van der Waals surface area contributed by atoms with E-state index in [-0.39, 0.29) is 10.8 Å². The summed E-state index contributed by atoms with van der Waals surface area (Å²) >= 11 is 0. The van der Waals surface area contributed by atoms with Gasteiger partial charge >= 0.3 is 0 Å². The Labute approximate surface area is 273 Å². The lowest BCUT2D eigenvalue weighted by molar-refractivity contribution is 0.461. The summed E-state index contributed by atoms with van der Waals surface area (Å²) in [5, 5.41) is 0. The van der Waals surface area contributed by atoms with Crippen molar-refractivity contribution in [3.8, 4) is 33.8 Å². The van der Waals surface area contributed by atoms with Crippen LogP contribution in [0.3, 0.4) is 0 Å². The van der Waals surface area contributed by atoms with Crippen molar-refractivity contribution in [3.63, 3.8) is 0 Å². The van der Waals surface area contributed by atoms with Crippen molar-refractivity contribution in [3.05, 3.63) is 100 Å². The highest BCUT2D eigenvalue weighted by atomic mass is 16.5. The quantitative estimate of drug-likeness (QED) is 0.223. The fourth-order valence-electron chi connectivity index (χ4n) is 9.91. The average molecular weight is 599 g/mol. The third-order valence-corrected chi connectivity index (χ3v) is 13.1. The molecule has 0 aromatic heterocycles. The van der Waals surface area contributed by atoms with Crippen LogP contribution in [0.15, 0.2) is 0 Å². The van der Waals surface area contributed by atoms with Crippen molar-refractivity contribution in [2.24, 2.45) is 0 Å². The molecule has 0 bridgehead atoms. The lowest BCUT2D eigenvalue weighted by Crippen LogP contribution is -2.20. The molecule has 1 heteroatoms. The zero-order valence-corrected chi connectivity index (χ0v) is 31.4. The molecule has 0 spiro atoms. The second kappa shape index (κ2) is 9.60. The molecule has 0 unspecified atom stereocenters. The maximum absolute atomic E-state index is 7.31. The Balaban J connectivity index is 1.63. The maximum atomic E-state index is 7.31. The molecule has 0 atom stereocenters. The van der Waals surface area contributed by atoms with Crippen molar-refractivity contribution in [1.82, 2.24) is 0 Å². The standard InChI is InChI=1S/C44H54O/c1-19-21(3)27(9)37-33(23(19)5)35-25(7)29(11)41(31(13)39(35)43(37,15)16)45-42-30(12)26(8)36-34-24(6)20(2)22(4)28(10)38(34)44(17,18)40(36)32(42)14/h1-18H3. The Kier molecular flexibility index (Phi) is 6.75. The predicted octanol–water partition coefficient (Wildman–Crippen LogP) is 12.4. The van der Waals surface area contributed by atoms with Gasteiger partial charge in [-0.05, 0) is 219 Å². The third kappa shape index (κ3) is 3.68. The summed E-state index contributed by atoms with van der Waals surface area (Å²) in [6.07, 6.45) is 0. The summed E-state index contributed by atoms with van der Waals surface area (Å²) in [4.78, 5) is 0. The van der Waals surface area contributed by atoms with E-state index in [0.717, 1.165) is 11.5 Å². The number of rotatable bonds is 2. The molecule has 0 heterocycles. The first-order valence-corrected chi connectivity index (χ1v) is 16.9. The van der Waals surface area contributed by atoms with E-state index >= 15 is 0 Å². The number of ether oxygens (including phenoxy) is 1. The van der Waals surface area contributed by atoms with Gasteiger partial charge in [0.15, 0.2) is 0 Å². The van der Waals surface area contributed by atoms with Crippen molar-refractivity contribution >= 4 is 0 Å².